The summed E-state index contributed by atoms with van der Waals surface area (Å²) in [4.78, 5) is 25.1. The average Bonchev–Trinajstić information content (AvgIpc) is 3.09. The van der Waals surface area contributed by atoms with Crippen molar-refractivity contribution in [2.75, 3.05) is 12.4 Å². The number of hydrogen-bond acceptors (Lipinski definition) is 7. The van der Waals surface area contributed by atoms with E-state index in [0.29, 0.717) is 28.7 Å². The van der Waals surface area contributed by atoms with Crippen molar-refractivity contribution in [2.45, 2.75) is 10.4 Å². The molecule has 2 aromatic heterocycles. The zero-order chi connectivity index (χ0) is 24.3. The van der Waals surface area contributed by atoms with E-state index < -0.39 is 11.4 Å². The van der Waals surface area contributed by atoms with E-state index >= 15 is 0 Å². The number of hydroxylamine groups is 1. The maximum Gasteiger partial charge on any atom is 0.446 e. The van der Waals surface area contributed by atoms with Crippen LogP contribution in [-0.2, 0) is 11.9 Å². The largest absolute Gasteiger partial charge is 0.457 e. The van der Waals surface area contributed by atoms with Crippen LogP contribution in [0.1, 0.15) is 10.5 Å². The summed E-state index contributed by atoms with van der Waals surface area (Å²) in [7, 11) is 3.14. The zero-order valence-corrected chi connectivity index (χ0v) is 18.7. The molecule has 0 spiro atoms. The molecular formula is C22H18F3N5O3S. The van der Waals surface area contributed by atoms with Crippen LogP contribution in [0.2, 0.25) is 0 Å². The van der Waals surface area contributed by atoms with E-state index in [4.69, 9.17) is 4.74 Å². The zero-order valence-electron chi connectivity index (χ0n) is 17.9. The van der Waals surface area contributed by atoms with Gasteiger partial charge < -0.3 is 14.6 Å². The van der Waals surface area contributed by atoms with Crippen LogP contribution in [0.25, 0.3) is 11.0 Å². The Morgan fingerprint density at radius 1 is 1.06 bits per heavy atom. The fourth-order valence-electron chi connectivity index (χ4n) is 3.10. The first kappa shape index (κ1) is 23.4. The number of thioether (sulfide) groups is 1. The third kappa shape index (κ3) is 5.58. The molecule has 176 valence electrons. The molecule has 0 unspecified atom stereocenters. The third-order valence-electron chi connectivity index (χ3n) is 4.59. The lowest BCUT2D eigenvalue weighted by Gasteiger charge is -2.08. The standard InChI is InChI=1S/C22H18F3N5O3S/c1-30-19-8-5-14(33-15-9-10-26-18(12-15)20(31)29-32-2)11-17(19)28-21(30)27-13-3-6-16(7-4-13)34-22(23,24)25/h3-12H,1-2H3,(H,27,28)(H,29,31). The number of rotatable bonds is 7. The average molecular weight is 489 g/mol. The van der Waals surface area contributed by atoms with Crippen molar-refractivity contribution in [1.82, 2.24) is 20.0 Å². The predicted molar refractivity (Wildman–Crippen MR) is 121 cm³/mol. The number of aryl methyl sites for hydroxylation is 1. The van der Waals surface area contributed by atoms with Gasteiger partial charge in [-0.1, -0.05) is 0 Å². The summed E-state index contributed by atoms with van der Waals surface area (Å²) in [5.41, 5.74) is 0.0354. The van der Waals surface area contributed by atoms with Gasteiger partial charge in [0.05, 0.1) is 18.1 Å². The van der Waals surface area contributed by atoms with Crippen molar-refractivity contribution in [1.29, 1.82) is 0 Å². The highest BCUT2D eigenvalue weighted by Crippen LogP contribution is 2.37. The van der Waals surface area contributed by atoms with Crippen LogP contribution in [0.4, 0.5) is 24.8 Å². The van der Waals surface area contributed by atoms with Crippen molar-refractivity contribution in [3.8, 4) is 11.5 Å². The monoisotopic (exact) mass is 489 g/mol. The molecule has 4 rings (SSSR count). The number of benzene rings is 2. The quantitative estimate of drug-likeness (QED) is 0.265. The lowest BCUT2D eigenvalue weighted by molar-refractivity contribution is -0.0328. The summed E-state index contributed by atoms with van der Waals surface area (Å²) in [6, 6.07) is 14.3. The molecule has 0 bridgehead atoms. The Hall–Kier alpha value is -3.77. The second kappa shape index (κ2) is 9.61. The molecule has 0 saturated carbocycles. The van der Waals surface area contributed by atoms with Crippen LogP contribution in [-0.4, -0.2) is 33.1 Å². The Morgan fingerprint density at radius 3 is 2.50 bits per heavy atom. The summed E-state index contributed by atoms with van der Waals surface area (Å²) in [6.45, 7) is 0. The molecule has 0 aliphatic heterocycles. The third-order valence-corrected chi connectivity index (χ3v) is 5.33. The van der Waals surface area contributed by atoms with E-state index in [9.17, 15) is 18.0 Å². The Balaban J connectivity index is 1.51. The molecule has 2 heterocycles. The first-order valence-electron chi connectivity index (χ1n) is 9.78. The van der Waals surface area contributed by atoms with Gasteiger partial charge in [0, 0.05) is 36.0 Å². The fourth-order valence-corrected chi connectivity index (χ4v) is 3.64. The summed E-state index contributed by atoms with van der Waals surface area (Å²) >= 11 is -0.165. The van der Waals surface area contributed by atoms with Gasteiger partial charge in [-0.2, -0.15) is 13.2 Å². The smallest absolute Gasteiger partial charge is 0.446 e. The molecule has 0 aliphatic carbocycles. The number of anilines is 2. The van der Waals surface area contributed by atoms with Crippen LogP contribution < -0.4 is 15.5 Å². The van der Waals surface area contributed by atoms with Gasteiger partial charge in [-0.15, -0.1) is 0 Å². The van der Waals surface area contributed by atoms with Gasteiger partial charge in [0.2, 0.25) is 5.95 Å². The highest BCUT2D eigenvalue weighted by Gasteiger charge is 2.29. The van der Waals surface area contributed by atoms with E-state index in [1.54, 1.807) is 30.3 Å². The lowest BCUT2D eigenvalue weighted by atomic mass is 10.3. The minimum atomic E-state index is -4.33. The molecule has 0 fully saturated rings. The van der Waals surface area contributed by atoms with Crippen molar-refractivity contribution in [3.63, 3.8) is 0 Å². The van der Waals surface area contributed by atoms with Crippen molar-refractivity contribution in [3.05, 3.63) is 66.5 Å². The number of aromatic nitrogens is 3. The number of ether oxygens (including phenoxy) is 1. The summed E-state index contributed by atoms with van der Waals surface area (Å²) in [6.07, 6.45) is 1.44. The van der Waals surface area contributed by atoms with Crippen molar-refractivity contribution >= 4 is 40.3 Å². The van der Waals surface area contributed by atoms with E-state index in [0.717, 1.165) is 5.52 Å². The van der Waals surface area contributed by atoms with Gasteiger partial charge in [0.1, 0.15) is 17.2 Å². The maximum absolute atomic E-state index is 12.5. The molecule has 8 nitrogen and oxygen atoms in total. The van der Waals surface area contributed by atoms with Crippen molar-refractivity contribution < 1.29 is 27.5 Å². The second-order valence-corrected chi connectivity index (χ2v) is 8.09. The molecule has 4 aromatic rings. The Labute approximate surface area is 196 Å². The number of carbonyl (C=O) groups is 1. The van der Waals surface area contributed by atoms with Crippen LogP contribution in [0.3, 0.4) is 0 Å². The first-order chi connectivity index (χ1) is 16.2. The minimum absolute atomic E-state index is 0.101. The number of carbonyl (C=O) groups excluding carboxylic acids is 1. The van der Waals surface area contributed by atoms with Crippen molar-refractivity contribution in [2.24, 2.45) is 7.05 Å². The SMILES string of the molecule is CONC(=O)c1cc(Oc2ccc3c(c2)nc(Nc2ccc(SC(F)(F)F)cc2)n3C)ccn1. The number of pyridine rings is 1. The van der Waals surface area contributed by atoms with Crippen LogP contribution in [0.5, 0.6) is 11.5 Å². The van der Waals surface area contributed by atoms with Gasteiger partial charge in [0.25, 0.3) is 5.91 Å². The van der Waals surface area contributed by atoms with Crippen LogP contribution in [0, 0.1) is 0 Å². The van der Waals surface area contributed by atoms with E-state index in [-0.39, 0.29) is 22.4 Å². The van der Waals surface area contributed by atoms with Gasteiger partial charge in [0.15, 0.2) is 0 Å². The van der Waals surface area contributed by atoms with Gasteiger partial charge in [-0.05, 0) is 54.2 Å². The molecule has 12 heteroatoms. The number of imidazole rings is 1. The Bertz CT molecular complexity index is 1330. The minimum Gasteiger partial charge on any atom is -0.457 e. The van der Waals surface area contributed by atoms with Crippen LogP contribution >= 0.6 is 11.8 Å². The number of nitrogens with zero attached hydrogens (tertiary/aromatic N) is 3. The number of nitrogens with one attached hydrogen (secondary N) is 2. The number of alkyl halides is 3. The predicted octanol–water partition coefficient (Wildman–Crippen LogP) is 5.41. The number of hydrogen-bond donors (Lipinski definition) is 2. The fraction of sp³-hybridized carbons (Fsp3) is 0.136. The molecule has 0 radical (unpaired) electrons. The molecule has 2 aromatic carbocycles. The molecule has 34 heavy (non-hydrogen) atoms. The van der Waals surface area contributed by atoms with Gasteiger partial charge >= 0.3 is 5.51 Å². The molecule has 0 saturated heterocycles. The highest BCUT2D eigenvalue weighted by atomic mass is 32.2. The first-order valence-corrected chi connectivity index (χ1v) is 10.6. The number of amides is 1. The van der Waals surface area contributed by atoms with E-state index in [1.165, 1.54) is 31.5 Å². The second-order valence-electron chi connectivity index (χ2n) is 6.96. The van der Waals surface area contributed by atoms with E-state index in [2.05, 4.69) is 25.6 Å². The topological polar surface area (TPSA) is 90.3 Å². The molecule has 0 aliphatic rings. The Kier molecular flexibility index (Phi) is 6.61. The maximum atomic E-state index is 12.5. The summed E-state index contributed by atoms with van der Waals surface area (Å²) in [5.74, 6) is 0.899. The van der Waals surface area contributed by atoms with Crippen LogP contribution in [0.15, 0.2) is 65.7 Å². The summed E-state index contributed by atoms with van der Waals surface area (Å²) < 4.78 is 45.2. The Morgan fingerprint density at radius 2 is 1.79 bits per heavy atom. The summed E-state index contributed by atoms with van der Waals surface area (Å²) in [5, 5.41) is 3.11. The number of fused-ring (bicyclic) bond motifs is 1. The highest BCUT2D eigenvalue weighted by molar-refractivity contribution is 8.00. The molecule has 1 amide bonds. The number of halogens is 3. The lowest BCUT2D eigenvalue weighted by Crippen LogP contribution is -2.22. The normalized spacial score (nSPS) is 11.4. The molecular weight excluding hydrogens is 471 g/mol. The van der Waals surface area contributed by atoms with Gasteiger partial charge in [-0.3, -0.25) is 14.6 Å². The van der Waals surface area contributed by atoms with E-state index in [1.807, 2.05) is 17.7 Å². The van der Waals surface area contributed by atoms with Gasteiger partial charge in [-0.25, -0.2) is 10.5 Å². The molecule has 0 atom stereocenters. The molecule has 2 N–H and O–H groups in total.